The normalized spacial score (nSPS) is 15.6. The molecule has 35 heavy (non-hydrogen) atoms. The standard InChI is InChI=1S/C29H25FN2O3/c30-22-13-10-20(11-14-22)17-32-18-21(23-8-4-5-9-25(23)32)16-26(33)27-28(34)24(31-29(27)35)15-12-19-6-2-1-3-7-19/h1-11,13-14,18,24,34H,12,15-17H2,(H,31,35). The Morgan fingerprint density at radius 2 is 1.66 bits per heavy atom. The molecule has 0 saturated carbocycles. The second kappa shape index (κ2) is 9.58. The lowest BCUT2D eigenvalue weighted by Gasteiger charge is -2.10. The summed E-state index contributed by atoms with van der Waals surface area (Å²) in [5.41, 5.74) is 3.59. The van der Waals surface area contributed by atoms with Crippen LogP contribution < -0.4 is 5.32 Å². The van der Waals surface area contributed by atoms with Gasteiger partial charge in [0.15, 0.2) is 5.78 Å². The number of nitrogens with one attached hydrogen (secondary N) is 1. The number of aliphatic hydroxyl groups excluding tert-OH is 1. The van der Waals surface area contributed by atoms with E-state index in [4.69, 9.17) is 0 Å². The minimum Gasteiger partial charge on any atom is -0.509 e. The number of halogens is 1. The molecule has 176 valence electrons. The van der Waals surface area contributed by atoms with E-state index in [0.717, 1.165) is 27.6 Å². The van der Waals surface area contributed by atoms with Crippen LogP contribution in [0.1, 0.15) is 23.1 Å². The zero-order valence-electron chi connectivity index (χ0n) is 19.1. The molecule has 6 heteroatoms. The van der Waals surface area contributed by atoms with Crippen molar-refractivity contribution in [2.75, 3.05) is 0 Å². The number of hydrogen-bond acceptors (Lipinski definition) is 3. The second-order valence-corrected chi connectivity index (χ2v) is 8.84. The molecule has 0 fully saturated rings. The quantitative estimate of drug-likeness (QED) is 0.362. The number of rotatable bonds is 8. The highest BCUT2D eigenvalue weighted by Crippen LogP contribution is 2.26. The van der Waals surface area contributed by atoms with Crippen LogP contribution in [0, 0.1) is 5.82 Å². The van der Waals surface area contributed by atoms with Gasteiger partial charge in [-0.1, -0.05) is 60.7 Å². The highest BCUT2D eigenvalue weighted by atomic mass is 19.1. The van der Waals surface area contributed by atoms with Crippen LogP contribution in [0.15, 0.2) is 96.4 Å². The van der Waals surface area contributed by atoms with Gasteiger partial charge in [0, 0.05) is 30.1 Å². The first-order valence-corrected chi connectivity index (χ1v) is 11.6. The fourth-order valence-electron chi connectivity index (χ4n) is 4.67. The second-order valence-electron chi connectivity index (χ2n) is 8.84. The molecule has 5 nitrogen and oxygen atoms in total. The molecule has 3 aromatic carbocycles. The van der Waals surface area contributed by atoms with Crippen molar-refractivity contribution >= 4 is 22.6 Å². The first-order valence-electron chi connectivity index (χ1n) is 11.6. The number of amides is 1. The highest BCUT2D eigenvalue weighted by molar-refractivity contribution is 6.22. The Hall–Kier alpha value is -4.19. The number of carbonyl (C=O) groups excluding carboxylic acids is 2. The van der Waals surface area contributed by atoms with E-state index in [0.29, 0.717) is 19.4 Å². The first kappa shape index (κ1) is 22.6. The molecule has 1 amide bonds. The van der Waals surface area contributed by atoms with Crippen molar-refractivity contribution < 1.29 is 19.1 Å². The summed E-state index contributed by atoms with van der Waals surface area (Å²) < 4.78 is 15.3. The third kappa shape index (κ3) is 4.73. The number of benzene rings is 3. The van der Waals surface area contributed by atoms with E-state index in [1.807, 2.05) is 65.4 Å². The number of Topliss-reactive ketones (excluding diaryl/α,β-unsaturated/α-hetero) is 1. The van der Waals surface area contributed by atoms with Gasteiger partial charge in [0.2, 0.25) is 0 Å². The predicted molar refractivity (Wildman–Crippen MR) is 132 cm³/mol. The molecule has 2 heterocycles. The smallest absolute Gasteiger partial charge is 0.259 e. The Morgan fingerprint density at radius 3 is 2.43 bits per heavy atom. The molecule has 1 aromatic heterocycles. The zero-order chi connectivity index (χ0) is 24.4. The number of aryl methyl sites for hydroxylation is 1. The lowest BCUT2D eigenvalue weighted by molar-refractivity contribution is -0.121. The van der Waals surface area contributed by atoms with Crippen LogP contribution in [-0.2, 0) is 29.0 Å². The molecule has 0 radical (unpaired) electrons. The summed E-state index contributed by atoms with van der Waals surface area (Å²) in [5.74, 6) is -1.40. The van der Waals surface area contributed by atoms with Crippen molar-refractivity contribution in [2.24, 2.45) is 0 Å². The van der Waals surface area contributed by atoms with E-state index in [9.17, 15) is 19.1 Å². The summed E-state index contributed by atoms with van der Waals surface area (Å²) in [6.45, 7) is 0.519. The topological polar surface area (TPSA) is 71.3 Å². The van der Waals surface area contributed by atoms with Crippen LogP contribution in [0.3, 0.4) is 0 Å². The Bertz CT molecular complexity index is 1420. The molecule has 0 spiro atoms. The van der Waals surface area contributed by atoms with E-state index in [1.54, 1.807) is 12.1 Å². The van der Waals surface area contributed by atoms with Crippen LogP contribution in [0.4, 0.5) is 4.39 Å². The number of carbonyl (C=O) groups is 2. The SMILES string of the molecule is O=C(Cc1cn(Cc2ccc(F)cc2)c2ccccc12)C1=C(O)C(CCc2ccccc2)NC1=O. The average Bonchev–Trinajstić information content (AvgIpc) is 3.35. The molecule has 1 unspecified atom stereocenters. The molecular formula is C29H25FN2O3. The maximum absolute atomic E-state index is 13.3. The minimum absolute atomic E-state index is 0.00481. The van der Waals surface area contributed by atoms with Crippen molar-refractivity contribution in [3.63, 3.8) is 0 Å². The Morgan fingerprint density at radius 1 is 0.943 bits per heavy atom. The Balaban J connectivity index is 1.36. The van der Waals surface area contributed by atoms with Crippen LogP contribution in [0.5, 0.6) is 0 Å². The molecular weight excluding hydrogens is 443 g/mol. The van der Waals surface area contributed by atoms with Gasteiger partial charge in [0.05, 0.1) is 6.04 Å². The van der Waals surface area contributed by atoms with Gasteiger partial charge in [0.25, 0.3) is 5.91 Å². The summed E-state index contributed by atoms with van der Waals surface area (Å²) in [6.07, 6.45) is 3.07. The molecule has 0 saturated heterocycles. The lowest BCUT2D eigenvalue weighted by Crippen LogP contribution is -2.30. The van der Waals surface area contributed by atoms with Crippen molar-refractivity contribution in [3.8, 4) is 0 Å². The van der Waals surface area contributed by atoms with E-state index in [2.05, 4.69) is 5.32 Å². The van der Waals surface area contributed by atoms with Crippen molar-refractivity contribution in [2.45, 2.75) is 31.8 Å². The first-order chi connectivity index (χ1) is 17.0. The maximum atomic E-state index is 13.3. The molecule has 1 aliphatic heterocycles. The largest absolute Gasteiger partial charge is 0.509 e. The van der Waals surface area contributed by atoms with E-state index < -0.39 is 17.7 Å². The van der Waals surface area contributed by atoms with Crippen LogP contribution in [0.2, 0.25) is 0 Å². The van der Waals surface area contributed by atoms with Gasteiger partial charge in [0.1, 0.15) is 17.1 Å². The Labute approximate surface area is 202 Å². The summed E-state index contributed by atoms with van der Waals surface area (Å²) in [4.78, 5) is 25.8. The summed E-state index contributed by atoms with van der Waals surface area (Å²) in [5, 5.41) is 14.4. The maximum Gasteiger partial charge on any atom is 0.259 e. The monoisotopic (exact) mass is 468 g/mol. The third-order valence-corrected chi connectivity index (χ3v) is 6.45. The number of fused-ring (bicyclic) bond motifs is 1. The number of hydrogen-bond donors (Lipinski definition) is 2. The van der Waals surface area contributed by atoms with Crippen molar-refractivity contribution in [1.29, 1.82) is 0 Å². The van der Waals surface area contributed by atoms with Crippen LogP contribution >= 0.6 is 0 Å². The lowest BCUT2D eigenvalue weighted by atomic mass is 10.00. The molecule has 1 aliphatic rings. The zero-order valence-corrected chi connectivity index (χ0v) is 19.1. The summed E-state index contributed by atoms with van der Waals surface area (Å²) in [7, 11) is 0. The number of aromatic nitrogens is 1. The number of para-hydroxylation sites is 1. The van der Waals surface area contributed by atoms with Gasteiger partial charge in [-0.2, -0.15) is 0 Å². The molecule has 1 atom stereocenters. The van der Waals surface area contributed by atoms with Crippen LogP contribution in [-0.4, -0.2) is 27.4 Å². The fourth-order valence-corrected chi connectivity index (χ4v) is 4.67. The molecule has 2 N–H and O–H groups in total. The third-order valence-electron chi connectivity index (χ3n) is 6.45. The average molecular weight is 469 g/mol. The van der Waals surface area contributed by atoms with Gasteiger partial charge in [-0.25, -0.2) is 4.39 Å². The molecule has 0 bridgehead atoms. The van der Waals surface area contributed by atoms with E-state index >= 15 is 0 Å². The summed E-state index contributed by atoms with van der Waals surface area (Å²) >= 11 is 0. The van der Waals surface area contributed by atoms with E-state index in [-0.39, 0.29) is 23.6 Å². The Kier molecular flexibility index (Phi) is 6.19. The van der Waals surface area contributed by atoms with Crippen LogP contribution in [0.25, 0.3) is 10.9 Å². The van der Waals surface area contributed by atoms with Crippen molar-refractivity contribution in [3.05, 3.63) is 119 Å². The fraction of sp³-hybridized carbons (Fsp3) is 0.172. The van der Waals surface area contributed by atoms with Gasteiger partial charge >= 0.3 is 0 Å². The number of nitrogens with zero attached hydrogens (tertiary/aromatic N) is 1. The van der Waals surface area contributed by atoms with Crippen molar-refractivity contribution in [1.82, 2.24) is 9.88 Å². The predicted octanol–water partition coefficient (Wildman–Crippen LogP) is 4.88. The highest BCUT2D eigenvalue weighted by Gasteiger charge is 2.35. The summed E-state index contributed by atoms with van der Waals surface area (Å²) in [6, 6.07) is 23.3. The van der Waals surface area contributed by atoms with Gasteiger partial charge in [-0.15, -0.1) is 0 Å². The molecule has 5 rings (SSSR count). The number of aliphatic hydroxyl groups is 1. The van der Waals surface area contributed by atoms with Gasteiger partial charge in [-0.3, -0.25) is 9.59 Å². The number of ketones is 1. The van der Waals surface area contributed by atoms with E-state index in [1.165, 1.54) is 12.1 Å². The van der Waals surface area contributed by atoms with Gasteiger partial charge in [-0.05, 0) is 47.7 Å². The van der Waals surface area contributed by atoms with Gasteiger partial charge < -0.3 is 15.0 Å². The minimum atomic E-state index is -0.568. The molecule has 4 aromatic rings. The molecule has 0 aliphatic carbocycles.